The highest BCUT2D eigenvalue weighted by Gasteiger charge is 2.31. The summed E-state index contributed by atoms with van der Waals surface area (Å²) in [7, 11) is 0. The van der Waals surface area contributed by atoms with Crippen molar-refractivity contribution in [1.29, 1.82) is 0 Å². The molecule has 0 radical (unpaired) electrons. The maximum Gasteiger partial charge on any atom is 0.573 e. The fourth-order valence-corrected chi connectivity index (χ4v) is 2.35. The molecule has 6 heteroatoms. The van der Waals surface area contributed by atoms with Gasteiger partial charge in [-0.05, 0) is 47.9 Å². The molecule has 0 amide bonds. The number of rotatable bonds is 3. The van der Waals surface area contributed by atoms with Gasteiger partial charge in [-0.15, -0.1) is 13.2 Å². The lowest BCUT2D eigenvalue weighted by atomic mass is 9.97. The van der Waals surface area contributed by atoms with E-state index in [9.17, 15) is 18.3 Å². The van der Waals surface area contributed by atoms with Crippen LogP contribution in [0.3, 0.4) is 0 Å². The average molecular weight is 361 g/mol. The Kier molecular flexibility index (Phi) is 4.58. The predicted octanol–water partition coefficient (Wildman–Crippen LogP) is 4.74. The van der Waals surface area contributed by atoms with Crippen LogP contribution in [0.15, 0.2) is 46.9 Å². The number of halogens is 4. The van der Waals surface area contributed by atoms with Crippen molar-refractivity contribution in [3.05, 3.63) is 63.6 Å². The van der Waals surface area contributed by atoms with Gasteiger partial charge in [0.25, 0.3) is 0 Å². The molecule has 2 rings (SSSR count). The molecular weight excluding hydrogens is 349 g/mol. The van der Waals surface area contributed by atoms with Crippen LogP contribution in [0.25, 0.3) is 0 Å². The minimum Gasteiger partial charge on any atom is -0.406 e. The predicted molar refractivity (Wildman–Crippen MR) is 76.1 cm³/mol. The van der Waals surface area contributed by atoms with Crippen molar-refractivity contribution in [2.24, 2.45) is 0 Å². The van der Waals surface area contributed by atoms with Crippen LogP contribution in [-0.4, -0.2) is 11.5 Å². The highest BCUT2D eigenvalue weighted by molar-refractivity contribution is 9.10. The van der Waals surface area contributed by atoms with Crippen molar-refractivity contribution >= 4 is 15.9 Å². The van der Waals surface area contributed by atoms with E-state index >= 15 is 0 Å². The van der Waals surface area contributed by atoms with Gasteiger partial charge in [0, 0.05) is 4.47 Å². The third-order valence-corrected chi connectivity index (χ3v) is 3.44. The number of ether oxygens (including phenoxy) is 1. The van der Waals surface area contributed by atoms with E-state index in [2.05, 4.69) is 20.7 Å². The molecule has 112 valence electrons. The third-order valence-electron chi connectivity index (χ3n) is 2.94. The summed E-state index contributed by atoms with van der Waals surface area (Å²) in [6.45, 7) is 1.82. The van der Waals surface area contributed by atoms with Gasteiger partial charge in [0.1, 0.15) is 11.9 Å². The maximum absolute atomic E-state index is 12.2. The minimum atomic E-state index is -4.75. The first-order valence-corrected chi connectivity index (χ1v) is 6.85. The van der Waals surface area contributed by atoms with Gasteiger partial charge >= 0.3 is 6.36 Å². The van der Waals surface area contributed by atoms with Gasteiger partial charge in [-0.25, -0.2) is 0 Å². The smallest absolute Gasteiger partial charge is 0.406 e. The second kappa shape index (κ2) is 6.07. The van der Waals surface area contributed by atoms with Crippen LogP contribution in [-0.2, 0) is 0 Å². The number of hydrogen-bond donors (Lipinski definition) is 1. The Morgan fingerprint density at radius 3 is 2.52 bits per heavy atom. The van der Waals surface area contributed by atoms with Crippen LogP contribution in [0, 0.1) is 6.92 Å². The molecular formula is C15H12BrF3O2. The maximum atomic E-state index is 12.2. The summed E-state index contributed by atoms with van der Waals surface area (Å²) in [5.74, 6) is -0.355. The van der Waals surface area contributed by atoms with Crippen LogP contribution >= 0.6 is 15.9 Å². The van der Waals surface area contributed by atoms with Crippen molar-refractivity contribution < 1.29 is 23.0 Å². The molecule has 2 aromatic carbocycles. The van der Waals surface area contributed by atoms with Crippen LogP contribution in [0.2, 0.25) is 0 Å². The van der Waals surface area contributed by atoms with Gasteiger partial charge in [-0.3, -0.25) is 0 Å². The molecule has 0 heterocycles. The topological polar surface area (TPSA) is 29.5 Å². The quantitative estimate of drug-likeness (QED) is 0.856. The number of aliphatic hydroxyl groups excluding tert-OH is 1. The Hall–Kier alpha value is -1.53. The Balaban J connectivity index is 2.33. The fourth-order valence-electron chi connectivity index (χ4n) is 1.97. The zero-order valence-electron chi connectivity index (χ0n) is 11.0. The molecule has 0 saturated heterocycles. The minimum absolute atomic E-state index is 0.331. The lowest BCUT2D eigenvalue weighted by Gasteiger charge is -2.16. The molecule has 2 nitrogen and oxygen atoms in total. The third kappa shape index (κ3) is 4.22. The molecule has 0 aliphatic heterocycles. The van der Waals surface area contributed by atoms with E-state index in [1.807, 2.05) is 19.1 Å². The van der Waals surface area contributed by atoms with E-state index in [4.69, 9.17) is 0 Å². The first-order valence-electron chi connectivity index (χ1n) is 6.06. The molecule has 0 aliphatic rings. The van der Waals surface area contributed by atoms with E-state index in [1.165, 1.54) is 18.2 Å². The largest absolute Gasteiger partial charge is 0.573 e. The summed E-state index contributed by atoms with van der Waals surface area (Å²) in [5.41, 5.74) is 1.79. The van der Waals surface area contributed by atoms with E-state index in [0.29, 0.717) is 11.1 Å². The highest BCUT2D eigenvalue weighted by atomic mass is 79.9. The van der Waals surface area contributed by atoms with Crippen LogP contribution in [0.4, 0.5) is 13.2 Å². The zero-order chi connectivity index (χ0) is 15.6. The molecule has 2 aromatic rings. The lowest BCUT2D eigenvalue weighted by molar-refractivity contribution is -0.274. The van der Waals surface area contributed by atoms with Gasteiger partial charge in [0.2, 0.25) is 0 Å². The van der Waals surface area contributed by atoms with Crippen molar-refractivity contribution in [1.82, 2.24) is 0 Å². The summed E-state index contributed by atoms with van der Waals surface area (Å²) in [4.78, 5) is 0. The first-order chi connectivity index (χ1) is 9.76. The fraction of sp³-hybridized carbons (Fsp3) is 0.200. The Labute approximate surface area is 128 Å². The van der Waals surface area contributed by atoms with Gasteiger partial charge in [0.05, 0.1) is 0 Å². The number of aliphatic hydroxyl groups is 1. The normalized spacial score (nSPS) is 13.0. The molecule has 0 aromatic heterocycles. The summed E-state index contributed by atoms with van der Waals surface area (Å²) in [6, 6.07) is 10.7. The monoisotopic (exact) mass is 360 g/mol. The summed E-state index contributed by atoms with van der Waals surface area (Å²) in [5, 5.41) is 10.4. The Morgan fingerprint density at radius 1 is 1.14 bits per heavy atom. The van der Waals surface area contributed by atoms with Gasteiger partial charge < -0.3 is 9.84 Å². The van der Waals surface area contributed by atoms with Crippen molar-refractivity contribution in [3.63, 3.8) is 0 Å². The Bertz CT molecular complexity index is 641. The van der Waals surface area contributed by atoms with Gasteiger partial charge in [-0.1, -0.05) is 34.1 Å². The average Bonchev–Trinajstić information content (AvgIpc) is 2.39. The van der Waals surface area contributed by atoms with Crippen LogP contribution in [0.5, 0.6) is 5.75 Å². The number of benzene rings is 2. The highest BCUT2D eigenvalue weighted by Crippen LogP contribution is 2.30. The van der Waals surface area contributed by atoms with E-state index in [-0.39, 0.29) is 5.75 Å². The van der Waals surface area contributed by atoms with Crippen molar-refractivity contribution in [2.75, 3.05) is 0 Å². The summed E-state index contributed by atoms with van der Waals surface area (Å²) >= 11 is 3.31. The zero-order valence-corrected chi connectivity index (χ0v) is 12.6. The van der Waals surface area contributed by atoms with Crippen LogP contribution < -0.4 is 4.74 Å². The molecule has 21 heavy (non-hydrogen) atoms. The summed E-state index contributed by atoms with van der Waals surface area (Å²) in [6.07, 6.45) is -5.78. The SMILES string of the molecule is Cc1ccc(Br)cc1C(O)c1cccc(OC(F)(F)F)c1. The van der Waals surface area contributed by atoms with E-state index in [1.54, 1.807) is 12.1 Å². The number of alkyl halides is 3. The molecule has 1 unspecified atom stereocenters. The van der Waals surface area contributed by atoms with E-state index < -0.39 is 12.5 Å². The standard InChI is InChI=1S/C15H12BrF3O2/c1-9-5-6-11(16)8-13(9)14(20)10-3-2-4-12(7-10)21-15(17,18)19/h2-8,14,20H,1H3. The molecule has 1 atom stereocenters. The molecule has 0 bridgehead atoms. The lowest BCUT2D eigenvalue weighted by Crippen LogP contribution is -2.17. The van der Waals surface area contributed by atoms with Gasteiger partial charge in [-0.2, -0.15) is 0 Å². The molecule has 1 N–H and O–H groups in total. The second-order valence-electron chi connectivity index (χ2n) is 4.52. The van der Waals surface area contributed by atoms with Gasteiger partial charge in [0.15, 0.2) is 0 Å². The summed E-state index contributed by atoms with van der Waals surface area (Å²) < 4.78 is 41.3. The first kappa shape index (κ1) is 15.9. The Morgan fingerprint density at radius 2 is 1.86 bits per heavy atom. The van der Waals surface area contributed by atoms with Crippen LogP contribution in [0.1, 0.15) is 22.8 Å². The number of aryl methyl sites for hydroxylation is 1. The molecule has 0 saturated carbocycles. The number of hydrogen-bond acceptors (Lipinski definition) is 2. The molecule has 0 spiro atoms. The second-order valence-corrected chi connectivity index (χ2v) is 5.44. The molecule has 0 aliphatic carbocycles. The molecule has 0 fully saturated rings. The van der Waals surface area contributed by atoms with E-state index in [0.717, 1.165) is 10.0 Å². The van der Waals surface area contributed by atoms with Crippen molar-refractivity contribution in [3.8, 4) is 5.75 Å². The van der Waals surface area contributed by atoms with Crippen molar-refractivity contribution in [2.45, 2.75) is 19.4 Å².